The molecule has 1 N–H and O–H groups in total. The maximum atomic E-state index is 12.4. The van der Waals surface area contributed by atoms with Crippen molar-refractivity contribution in [2.45, 2.75) is 0 Å². The van der Waals surface area contributed by atoms with Gasteiger partial charge in [0.2, 0.25) is 0 Å². The topological polar surface area (TPSA) is 32.3 Å². The first-order chi connectivity index (χ1) is 8.65. The van der Waals surface area contributed by atoms with Crippen LogP contribution in [0.15, 0.2) is 18.2 Å². The van der Waals surface area contributed by atoms with Gasteiger partial charge in [-0.2, -0.15) is 0 Å². The molecule has 0 bridgehead atoms. The summed E-state index contributed by atoms with van der Waals surface area (Å²) in [5.41, 5.74) is 0.702. The fourth-order valence-corrected chi connectivity index (χ4v) is 3.35. The van der Waals surface area contributed by atoms with Crippen molar-refractivity contribution in [2.24, 2.45) is 11.8 Å². The van der Waals surface area contributed by atoms with Crippen LogP contribution in [-0.2, 0) is 0 Å². The lowest BCUT2D eigenvalue weighted by molar-refractivity contribution is 0.0781. The highest BCUT2D eigenvalue weighted by Crippen LogP contribution is 2.28. The molecule has 6 heteroatoms. The van der Waals surface area contributed by atoms with Crippen LogP contribution in [0.25, 0.3) is 0 Å². The molecule has 2 saturated heterocycles. The molecular formula is C13H15Cl2IN2O. The van der Waals surface area contributed by atoms with Crippen molar-refractivity contribution in [3.8, 4) is 0 Å². The highest BCUT2D eigenvalue weighted by molar-refractivity contribution is 14.1. The van der Waals surface area contributed by atoms with E-state index >= 15 is 0 Å². The summed E-state index contributed by atoms with van der Waals surface area (Å²) in [5.74, 6) is 1.38. The summed E-state index contributed by atoms with van der Waals surface area (Å²) in [6.45, 7) is 3.84. The summed E-state index contributed by atoms with van der Waals surface area (Å²) in [4.78, 5) is 14.4. The monoisotopic (exact) mass is 412 g/mol. The van der Waals surface area contributed by atoms with Crippen molar-refractivity contribution >= 4 is 52.5 Å². The minimum absolute atomic E-state index is 0. The molecule has 3 rings (SSSR count). The molecule has 0 unspecified atom stereocenters. The molecule has 1 aromatic rings. The van der Waals surface area contributed by atoms with Gasteiger partial charge in [0.15, 0.2) is 0 Å². The Hall–Kier alpha value is -0.0400. The van der Waals surface area contributed by atoms with Gasteiger partial charge >= 0.3 is 0 Å². The van der Waals surface area contributed by atoms with E-state index in [1.165, 1.54) is 0 Å². The van der Waals surface area contributed by atoms with E-state index in [9.17, 15) is 4.79 Å². The van der Waals surface area contributed by atoms with Gasteiger partial charge in [0.1, 0.15) is 0 Å². The van der Waals surface area contributed by atoms with Gasteiger partial charge in [-0.25, -0.2) is 0 Å². The summed E-state index contributed by atoms with van der Waals surface area (Å²) >= 11 is 8.24. The van der Waals surface area contributed by atoms with Crippen LogP contribution in [-0.4, -0.2) is 37.0 Å². The van der Waals surface area contributed by atoms with Crippen LogP contribution in [0.4, 0.5) is 0 Å². The summed E-state index contributed by atoms with van der Waals surface area (Å²) in [7, 11) is 0. The van der Waals surface area contributed by atoms with Gasteiger partial charge in [0.05, 0.1) is 5.02 Å². The quantitative estimate of drug-likeness (QED) is 0.719. The molecule has 0 aliphatic carbocycles. The van der Waals surface area contributed by atoms with Crippen LogP contribution < -0.4 is 5.32 Å². The number of carbonyl (C=O) groups is 1. The van der Waals surface area contributed by atoms with E-state index in [0.29, 0.717) is 22.4 Å². The van der Waals surface area contributed by atoms with Crippen LogP contribution in [0.1, 0.15) is 10.4 Å². The first-order valence-corrected chi connectivity index (χ1v) is 7.56. The molecule has 19 heavy (non-hydrogen) atoms. The Morgan fingerprint density at radius 1 is 1.32 bits per heavy atom. The SMILES string of the molecule is Cl.O=C(c1ccc(I)c(Cl)c1)N1C[C@H]2CNC[C@H]2C1. The van der Waals surface area contributed by atoms with Gasteiger partial charge in [0, 0.05) is 35.3 Å². The normalized spacial score (nSPS) is 25.1. The molecule has 2 fully saturated rings. The third kappa shape index (κ3) is 3.01. The molecule has 0 saturated carbocycles. The summed E-state index contributed by atoms with van der Waals surface area (Å²) in [5, 5.41) is 4.04. The van der Waals surface area contributed by atoms with Gasteiger partial charge in [0.25, 0.3) is 5.91 Å². The van der Waals surface area contributed by atoms with E-state index in [1.807, 2.05) is 17.0 Å². The van der Waals surface area contributed by atoms with E-state index in [4.69, 9.17) is 11.6 Å². The van der Waals surface area contributed by atoms with Crippen LogP contribution in [0.5, 0.6) is 0 Å². The fourth-order valence-electron chi connectivity index (χ4n) is 2.83. The highest BCUT2D eigenvalue weighted by Gasteiger charge is 2.38. The number of carbonyl (C=O) groups excluding carboxylic acids is 1. The number of hydrogen-bond acceptors (Lipinski definition) is 2. The molecule has 2 atom stereocenters. The van der Waals surface area contributed by atoms with E-state index in [0.717, 1.165) is 29.7 Å². The zero-order chi connectivity index (χ0) is 12.7. The lowest BCUT2D eigenvalue weighted by Gasteiger charge is -2.17. The summed E-state index contributed by atoms with van der Waals surface area (Å²) in [6, 6.07) is 5.54. The summed E-state index contributed by atoms with van der Waals surface area (Å²) in [6.07, 6.45) is 0. The molecular weight excluding hydrogens is 398 g/mol. The van der Waals surface area contributed by atoms with Gasteiger partial charge in [-0.3, -0.25) is 4.79 Å². The summed E-state index contributed by atoms with van der Waals surface area (Å²) < 4.78 is 0.980. The molecule has 2 aliphatic rings. The maximum Gasteiger partial charge on any atom is 0.253 e. The van der Waals surface area contributed by atoms with Gasteiger partial charge < -0.3 is 10.2 Å². The van der Waals surface area contributed by atoms with Crippen LogP contribution in [0.3, 0.4) is 0 Å². The van der Waals surface area contributed by atoms with E-state index in [-0.39, 0.29) is 18.3 Å². The molecule has 104 valence electrons. The average molecular weight is 413 g/mol. The van der Waals surface area contributed by atoms with Gasteiger partial charge in [-0.15, -0.1) is 12.4 Å². The zero-order valence-corrected chi connectivity index (χ0v) is 14.0. The Kier molecular flexibility index (Phi) is 4.98. The predicted octanol–water partition coefficient (Wildman–Crippen LogP) is 2.66. The number of nitrogens with zero attached hydrogens (tertiary/aromatic N) is 1. The largest absolute Gasteiger partial charge is 0.338 e. The van der Waals surface area contributed by atoms with E-state index < -0.39 is 0 Å². The number of likely N-dealkylation sites (tertiary alicyclic amines) is 1. The molecule has 0 aromatic heterocycles. The Balaban J connectivity index is 0.00000133. The number of amides is 1. The maximum absolute atomic E-state index is 12.4. The highest BCUT2D eigenvalue weighted by atomic mass is 127. The molecule has 1 amide bonds. The lowest BCUT2D eigenvalue weighted by Crippen LogP contribution is -2.31. The van der Waals surface area contributed by atoms with Crippen LogP contribution in [0.2, 0.25) is 5.02 Å². The number of benzene rings is 1. The first kappa shape index (κ1) is 15.4. The molecule has 1 aromatic carbocycles. The van der Waals surface area contributed by atoms with Crippen LogP contribution in [0, 0.1) is 15.4 Å². The predicted molar refractivity (Wildman–Crippen MR) is 87.2 cm³/mol. The second-order valence-electron chi connectivity index (χ2n) is 5.02. The van der Waals surface area contributed by atoms with Crippen molar-refractivity contribution in [1.29, 1.82) is 0 Å². The zero-order valence-electron chi connectivity index (χ0n) is 10.2. The Labute approximate surface area is 137 Å². The van der Waals surface area contributed by atoms with Crippen molar-refractivity contribution in [3.05, 3.63) is 32.4 Å². The molecule has 2 heterocycles. The first-order valence-electron chi connectivity index (χ1n) is 6.10. The van der Waals surface area contributed by atoms with Crippen molar-refractivity contribution in [3.63, 3.8) is 0 Å². The second-order valence-corrected chi connectivity index (χ2v) is 6.59. The average Bonchev–Trinajstić information content (AvgIpc) is 2.92. The van der Waals surface area contributed by atoms with Crippen molar-refractivity contribution in [2.75, 3.05) is 26.2 Å². The molecule has 0 spiro atoms. The molecule has 2 aliphatic heterocycles. The minimum Gasteiger partial charge on any atom is -0.338 e. The van der Waals surface area contributed by atoms with E-state index in [1.54, 1.807) is 6.07 Å². The van der Waals surface area contributed by atoms with Crippen molar-refractivity contribution < 1.29 is 4.79 Å². The number of nitrogens with one attached hydrogen (secondary N) is 1. The van der Waals surface area contributed by atoms with Crippen molar-refractivity contribution in [1.82, 2.24) is 10.2 Å². The smallest absolute Gasteiger partial charge is 0.253 e. The number of fused-ring (bicyclic) bond motifs is 1. The molecule has 3 nitrogen and oxygen atoms in total. The minimum atomic E-state index is 0. The van der Waals surface area contributed by atoms with Crippen LogP contribution >= 0.6 is 46.6 Å². The third-order valence-corrected chi connectivity index (χ3v) is 5.42. The van der Waals surface area contributed by atoms with E-state index in [2.05, 4.69) is 27.9 Å². The molecule has 0 radical (unpaired) electrons. The Bertz CT molecular complexity index is 486. The number of hydrogen-bond donors (Lipinski definition) is 1. The standard InChI is InChI=1S/C13H14ClIN2O.ClH/c14-11-3-8(1-2-12(11)15)13(18)17-6-9-4-16-5-10(9)7-17;/h1-3,9-10,16H,4-7H2;1H/t9-,10+;. The Morgan fingerprint density at radius 3 is 2.53 bits per heavy atom. The lowest BCUT2D eigenvalue weighted by atomic mass is 10.0. The fraction of sp³-hybridized carbons (Fsp3) is 0.462. The van der Waals surface area contributed by atoms with Gasteiger partial charge in [-0.05, 0) is 52.6 Å². The Morgan fingerprint density at radius 2 is 1.95 bits per heavy atom. The van der Waals surface area contributed by atoms with Gasteiger partial charge in [-0.1, -0.05) is 11.6 Å². The number of rotatable bonds is 1. The number of halogens is 3. The second kappa shape index (κ2) is 6.16. The third-order valence-electron chi connectivity index (χ3n) is 3.84.